The Morgan fingerprint density at radius 2 is 2.13 bits per heavy atom. The second-order valence-corrected chi connectivity index (χ2v) is 5.43. The zero-order valence-electron chi connectivity index (χ0n) is 10.5. The van der Waals surface area contributed by atoms with Gasteiger partial charge in [0.05, 0.1) is 12.0 Å². The first-order chi connectivity index (χ1) is 6.95. The van der Waals surface area contributed by atoms with E-state index in [0.29, 0.717) is 0 Å². The molecular weight excluding hydrogens is 186 g/mol. The highest BCUT2D eigenvalue weighted by Crippen LogP contribution is 2.29. The van der Waals surface area contributed by atoms with Crippen LogP contribution in [-0.4, -0.2) is 49.1 Å². The van der Waals surface area contributed by atoms with Crippen LogP contribution in [0, 0.1) is 17.2 Å². The minimum atomic E-state index is 0.236. The van der Waals surface area contributed by atoms with E-state index in [1.165, 1.54) is 0 Å². The molecule has 1 heterocycles. The number of likely N-dealkylation sites (N-methyl/N-ethyl adjacent to an activating group) is 1. The molecule has 0 radical (unpaired) electrons. The Morgan fingerprint density at radius 1 is 1.47 bits per heavy atom. The maximum absolute atomic E-state index is 8.97. The molecule has 0 N–H and O–H groups in total. The van der Waals surface area contributed by atoms with Crippen molar-refractivity contribution < 1.29 is 0 Å². The van der Waals surface area contributed by atoms with Crippen LogP contribution in [-0.2, 0) is 0 Å². The lowest BCUT2D eigenvalue weighted by Gasteiger charge is -2.44. The van der Waals surface area contributed by atoms with Crippen molar-refractivity contribution in [2.24, 2.45) is 5.92 Å². The fourth-order valence-electron chi connectivity index (χ4n) is 2.11. The zero-order valence-corrected chi connectivity index (χ0v) is 10.5. The smallest absolute Gasteiger partial charge is 0.0669 e. The van der Waals surface area contributed by atoms with Gasteiger partial charge in [-0.05, 0) is 40.8 Å². The molecule has 1 fully saturated rings. The lowest BCUT2D eigenvalue weighted by molar-refractivity contribution is 0.0535. The lowest BCUT2D eigenvalue weighted by atomic mass is 9.85. The second-order valence-electron chi connectivity index (χ2n) is 5.43. The molecule has 1 aliphatic rings. The largest absolute Gasteiger partial charge is 0.308 e. The number of hydrogen-bond acceptors (Lipinski definition) is 3. The molecular formula is C12H23N3. The number of piperidine rings is 1. The Hall–Kier alpha value is -0.590. The van der Waals surface area contributed by atoms with E-state index < -0.39 is 0 Å². The van der Waals surface area contributed by atoms with Crippen LogP contribution in [0.25, 0.3) is 0 Å². The first-order valence-electron chi connectivity index (χ1n) is 5.75. The van der Waals surface area contributed by atoms with Crippen LogP contribution in [0.4, 0.5) is 0 Å². The molecule has 86 valence electrons. The van der Waals surface area contributed by atoms with E-state index in [2.05, 4.69) is 43.8 Å². The third-order valence-electron chi connectivity index (χ3n) is 3.40. The summed E-state index contributed by atoms with van der Waals surface area (Å²) in [5.74, 6) is 0.236. The van der Waals surface area contributed by atoms with E-state index >= 15 is 0 Å². The third-order valence-corrected chi connectivity index (χ3v) is 3.40. The summed E-state index contributed by atoms with van der Waals surface area (Å²) in [6, 6.07) is 2.40. The van der Waals surface area contributed by atoms with Crippen molar-refractivity contribution in [3.05, 3.63) is 0 Å². The van der Waals surface area contributed by atoms with Crippen molar-refractivity contribution in [3.63, 3.8) is 0 Å². The maximum Gasteiger partial charge on any atom is 0.0669 e. The quantitative estimate of drug-likeness (QED) is 0.706. The van der Waals surface area contributed by atoms with Gasteiger partial charge in [0, 0.05) is 25.2 Å². The summed E-state index contributed by atoms with van der Waals surface area (Å²) in [5.41, 5.74) is 0.267. The van der Waals surface area contributed by atoms with Crippen molar-refractivity contribution in [1.29, 1.82) is 5.26 Å². The summed E-state index contributed by atoms with van der Waals surface area (Å²) in [6.45, 7) is 7.66. The number of nitriles is 1. The number of hydrogen-bond donors (Lipinski definition) is 0. The molecule has 1 unspecified atom stereocenters. The monoisotopic (exact) mass is 209 g/mol. The highest BCUT2D eigenvalue weighted by Gasteiger charge is 2.33. The van der Waals surface area contributed by atoms with E-state index in [4.69, 9.17) is 5.26 Å². The number of likely N-dealkylation sites (tertiary alicyclic amines) is 1. The van der Waals surface area contributed by atoms with Crippen LogP contribution in [0.5, 0.6) is 0 Å². The van der Waals surface area contributed by atoms with Crippen molar-refractivity contribution in [2.45, 2.75) is 32.2 Å². The minimum Gasteiger partial charge on any atom is -0.308 e. The standard InChI is InChI=1S/C12H23N3/c1-12(2)6-5-11(9-13)10-15(12)8-7-14(3)4/h11H,5-8,10H2,1-4H3. The summed E-state index contributed by atoms with van der Waals surface area (Å²) in [5, 5.41) is 8.97. The van der Waals surface area contributed by atoms with Crippen LogP contribution in [0.2, 0.25) is 0 Å². The summed E-state index contributed by atoms with van der Waals surface area (Å²) in [7, 11) is 4.19. The van der Waals surface area contributed by atoms with Gasteiger partial charge in [0.25, 0.3) is 0 Å². The summed E-state index contributed by atoms with van der Waals surface area (Å²) >= 11 is 0. The van der Waals surface area contributed by atoms with Gasteiger partial charge in [-0.25, -0.2) is 0 Å². The highest BCUT2D eigenvalue weighted by molar-refractivity contribution is 4.96. The molecule has 1 aliphatic heterocycles. The molecule has 0 saturated carbocycles. The molecule has 15 heavy (non-hydrogen) atoms. The van der Waals surface area contributed by atoms with E-state index in [1.54, 1.807) is 0 Å². The highest BCUT2D eigenvalue weighted by atomic mass is 15.2. The molecule has 1 rings (SSSR count). The van der Waals surface area contributed by atoms with E-state index in [-0.39, 0.29) is 11.5 Å². The topological polar surface area (TPSA) is 30.3 Å². The molecule has 3 heteroatoms. The molecule has 1 atom stereocenters. The Labute approximate surface area is 93.7 Å². The van der Waals surface area contributed by atoms with Gasteiger partial charge in [-0.3, -0.25) is 4.90 Å². The molecule has 0 aromatic carbocycles. The van der Waals surface area contributed by atoms with Gasteiger partial charge in [-0.1, -0.05) is 0 Å². The van der Waals surface area contributed by atoms with Gasteiger partial charge in [0.15, 0.2) is 0 Å². The minimum absolute atomic E-state index is 0.236. The molecule has 3 nitrogen and oxygen atoms in total. The van der Waals surface area contributed by atoms with Crippen LogP contribution in [0.15, 0.2) is 0 Å². The van der Waals surface area contributed by atoms with Gasteiger partial charge < -0.3 is 4.90 Å². The van der Waals surface area contributed by atoms with Crippen molar-refractivity contribution >= 4 is 0 Å². The normalized spacial score (nSPS) is 26.5. The predicted octanol–water partition coefficient (Wildman–Crippen LogP) is 1.56. The SMILES string of the molecule is CN(C)CCN1CC(C#N)CCC1(C)C. The summed E-state index contributed by atoms with van der Waals surface area (Å²) < 4.78 is 0. The van der Waals surface area contributed by atoms with Gasteiger partial charge >= 0.3 is 0 Å². The average molecular weight is 209 g/mol. The van der Waals surface area contributed by atoms with Crippen molar-refractivity contribution in [2.75, 3.05) is 33.7 Å². The van der Waals surface area contributed by atoms with Crippen LogP contribution < -0.4 is 0 Å². The Kier molecular flexibility index (Phi) is 4.12. The third kappa shape index (κ3) is 3.48. The lowest BCUT2D eigenvalue weighted by Crippen LogP contribution is -2.52. The van der Waals surface area contributed by atoms with E-state index in [1.807, 2.05) is 0 Å². The number of rotatable bonds is 3. The fourth-order valence-corrected chi connectivity index (χ4v) is 2.11. The fraction of sp³-hybridized carbons (Fsp3) is 0.917. The summed E-state index contributed by atoms with van der Waals surface area (Å²) in [4.78, 5) is 4.66. The molecule has 0 bridgehead atoms. The number of nitrogens with zero attached hydrogens (tertiary/aromatic N) is 3. The van der Waals surface area contributed by atoms with Gasteiger partial charge in [-0.2, -0.15) is 5.26 Å². The first-order valence-corrected chi connectivity index (χ1v) is 5.75. The average Bonchev–Trinajstić information content (AvgIpc) is 2.15. The summed E-state index contributed by atoms with van der Waals surface area (Å²) in [6.07, 6.45) is 2.20. The molecule has 0 amide bonds. The zero-order chi connectivity index (χ0) is 11.5. The molecule has 1 saturated heterocycles. The molecule has 0 aromatic rings. The molecule has 0 spiro atoms. The van der Waals surface area contributed by atoms with Crippen LogP contribution >= 0.6 is 0 Å². The van der Waals surface area contributed by atoms with E-state index in [0.717, 1.165) is 32.5 Å². The Morgan fingerprint density at radius 3 is 2.67 bits per heavy atom. The van der Waals surface area contributed by atoms with E-state index in [9.17, 15) is 0 Å². The molecule has 0 aliphatic carbocycles. The second kappa shape index (κ2) is 4.96. The van der Waals surface area contributed by atoms with Crippen molar-refractivity contribution in [3.8, 4) is 6.07 Å². The Balaban J connectivity index is 2.53. The van der Waals surface area contributed by atoms with Crippen LogP contribution in [0.1, 0.15) is 26.7 Å². The Bertz CT molecular complexity index is 240. The van der Waals surface area contributed by atoms with Gasteiger partial charge in [-0.15, -0.1) is 0 Å². The molecule has 0 aromatic heterocycles. The predicted molar refractivity (Wildman–Crippen MR) is 62.5 cm³/mol. The first kappa shape index (κ1) is 12.5. The van der Waals surface area contributed by atoms with Crippen molar-refractivity contribution in [1.82, 2.24) is 9.80 Å². The van der Waals surface area contributed by atoms with Crippen LogP contribution in [0.3, 0.4) is 0 Å². The van der Waals surface area contributed by atoms with Gasteiger partial charge in [0.1, 0.15) is 0 Å². The maximum atomic E-state index is 8.97. The van der Waals surface area contributed by atoms with Gasteiger partial charge in [0.2, 0.25) is 0 Å².